The summed E-state index contributed by atoms with van der Waals surface area (Å²) < 4.78 is 0. The zero-order chi connectivity index (χ0) is 8.48. The molecule has 2 nitrogen and oxygen atoms in total. The molecule has 62 valence electrons. The predicted molar refractivity (Wildman–Crippen MR) is 47.6 cm³/mol. The maximum absolute atomic E-state index is 5.87. The van der Waals surface area contributed by atoms with Crippen LogP contribution >= 0.6 is 0 Å². The van der Waals surface area contributed by atoms with Crippen molar-refractivity contribution in [3.05, 3.63) is 23.5 Å². The van der Waals surface area contributed by atoms with E-state index < -0.39 is 0 Å². The third kappa shape index (κ3) is 1.02. The van der Waals surface area contributed by atoms with E-state index in [1.54, 1.807) is 0 Å². The standard InChI is InChI=1S/C9H16N2/c1-3-9(4-2)6-5-7(10)8(9)11/h5-6H,3-4,10-11H2,1-2H3. The topological polar surface area (TPSA) is 52.0 Å². The van der Waals surface area contributed by atoms with Crippen molar-refractivity contribution >= 4 is 0 Å². The normalized spacial score (nSPS) is 21.3. The van der Waals surface area contributed by atoms with Crippen LogP contribution in [0.15, 0.2) is 23.5 Å². The first-order valence-electron chi connectivity index (χ1n) is 4.11. The van der Waals surface area contributed by atoms with E-state index in [9.17, 15) is 0 Å². The molecule has 0 heterocycles. The second kappa shape index (κ2) is 2.61. The minimum atomic E-state index is 0.0596. The lowest BCUT2D eigenvalue weighted by molar-refractivity contribution is 0.426. The van der Waals surface area contributed by atoms with E-state index in [2.05, 4.69) is 19.9 Å². The van der Waals surface area contributed by atoms with E-state index in [1.165, 1.54) is 0 Å². The van der Waals surface area contributed by atoms with Crippen LogP contribution in [-0.2, 0) is 0 Å². The molecule has 0 unspecified atom stereocenters. The summed E-state index contributed by atoms with van der Waals surface area (Å²) in [5, 5.41) is 0. The molecule has 4 N–H and O–H groups in total. The van der Waals surface area contributed by atoms with Gasteiger partial charge in [0.25, 0.3) is 0 Å². The van der Waals surface area contributed by atoms with Gasteiger partial charge in [-0.2, -0.15) is 0 Å². The first-order chi connectivity index (χ1) is 5.16. The van der Waals surface area contributed by atoms with Gasteiger partial charge in [0.05, 0.1) is 5.70 Å². The first kappa shape index (κ1) is 8.18. The van der Waals surface area contributed by atoms with Crippen LogP contribution in [0, 0.1) is 5.41 Å². The van der Waals surface area contributed by atoms with Crippen LogP contribution in [0.3, 0.4) is 0 Å². The molecule has 1 rings (SSSR count). The summed E-state index contributed by atoms with van der Waals surface area (Å²) in [5.41, 5.74) is 13.2. The molecule has 2 heteroatoms. The lowest BCUT2D eigenvalue weighted by Gasteiger charge is -2.25. The largest absolute Gasteiger partial charge is 0.400 e. The van der Waals surface area contributed by atoms with Gasteiger partial charge in [0.1, 0.15) is 0 Å². The van der Waals surface area contributed by atoms with Gasteiger partial charge in [0.15, 0.2) is 0 Å². The van der Waals surface area contributed by atoms with Gasteiger partial charge >= 0.3 is 0 Å². The van der Waals surface area contributed by atoms with Gasteiger partial charge in [0, 0.05) is 11.1 Å². The Hall–Kier alpha value is -0.920. The maximum Gasteiger partial charge on any atom is 0.0511 e. The van der Waals surface area contributed by atoms with E-state index in [0.29, 0.717) is 0 Å². The molecule has 1 aliphatic carbocycles. The fourth-order valence-corrected chi connectivity index (χ4v) is 1.58. The number of hydrogen-bond acceptors (Lipinski definition) is 2. The van der Waals surface area contributed by atoms with Gasteiger partial charge in [-0.25, -0.2) is 0 Å². The lowest BCUT2D eigenvalue weighted by Crippen LogP contribution is -2.24. The van der Waals surface area contributed by atoms with E-state index in [4.69, 9.17) is 11.5 Å². The summed E-state index contributed by atoms with van der Waals surface area (Å²) in [6.45, 7) is 4.28. The predicted octanol–water partition coefficient (Wildman–Crippen LogP) is 1.49. The quantitative estimate of drug-likeness (QED) is 0.630. The fourth-order valence-electron chi connectivity index (χ4n) is 1.58. The molecule has 0 atom stereocenters. The van der Waals surface area contributed by atoms with Gasteiger partial charge in [0.2, 0.25) is 0 Å². The zero-order valence-electron chi connectivity index (χ0n) is 7.22. The number of hydrogen-bond donors (Lipinski definition) is 2. The van der Waals surface area contributed by atoms with Crippen molar-refractivity contribution in [2.45, 2.75) is 26.7 Å². The Bertz CT molecular complexity index is 210. The highest BCUT2D eigenvalue weighted by Gasteiger charge is 2.30. The summed E-state index contributed by atoms with van der Waals surface area (Å²) >= 11 is 0. The Kier molecular flexibility index (Phi) is 1.94. The van der Waals surface area contributed by atoms with Crippen LogP contribution in [0.25, 0.3) is 0 Å². The first-order valence-corrected chi connectivity index (χ1v) is 4.11. The molecule has 0 saturated heterocycles. The van der Waals surface area contributed by atoms with E-state index in [1.807, 2.05) is 6.08 Å². The van der Waals surface area contributed by atoms with Crippen LogP contribution in [0.1, 0.15) is 26.7 Å². The van der Waals surface area contributed by atoms with E-state index >= 15 is 0 Å². The Morgan fingerprint density at radius 3 is 2.00 bits per heavy atom. The van der Waals surface area contributed by atoms with Crippen molar-refractivity contribution in [1.82, 2.24) is 0 Å². The number of allylic oxidation sites excluding steroid dienone is 2. The molecule has 0 aromatic carbocycles. The van der Waals surface area contributed by atoms with E-state index in [0.717, 1.165) is 24.2 Å². The second-order valence-electron chi connectivity index (χ2n) is 3.07. The summed E-state index contributed by atoms with van der Waals surface area (Å²) in [4.78, 5) is 0. The Morgan fingerprint density at radius 1 is 1.27 bits per heavy atom. The highest BCUT2D eigenvalue weighted by molar-refractivity contribution is 5.37. The number of nitrogens with two attached hydrogens (primary N) is 2. The van der Waals surface area contributed by atoms with Crippen molar-refractivity contribution in [1.29, 1.82) is 0 Å². The molecule has 11 heavy (non-hydrogen) atoms. The molecule has 0 saturated carbocycles. The summed E-state index contributed by atoms with van der Waals surface area (Å²) in [6, 6.07) is 0. The lowest BCUT2D eigenvalue weighted by atomic mass is 9.81. The molecule has 0 aromatic heterocycles. The van der Waals surface area contributed by atoms with Crippen molar-refractivity contribution in [2.75, 3.05) is 0 Å². The fraction of sp³-hybridized carbons (Fsp3) is 0.556. The smallest absolute Gasteiger partial charge is 0.0511 e. The minimum absolute atomic E-state index is 0.0596. The van der Waals surface area contributed by atoms with Crippen molar-refractivity contribution in [2.24, 2.45) is 16.9 Å². The van der Waals surface area contributed by atoms with Crippen molar-refractivity contribution < 1.29 is 0 Å². The van der Waals surface area contributed by atoms with Crippen LogP contribution in [0.5, 0.6) is 0 Å². The SMILES string of the molecule is CCC1(CC)C=CC(N)=C1N. The van der Waals surface area contributed by atoms with Crippen LogP contribution in [0.4, 0.5) is 0 Å². The molecular formula is C9H16N2. The van der Waals surface area contributed by atoms with Gasteiger partial charge in [-0.05, 0) is 18.9 Å². The average Bonchev–Trinajstić information content (AvgIpc) is 2.32. The second-order valence-corrected chi connectivity index (χ2v) is 3.07. The Morgan fingerprint density at radius 2 is 1.82 bits per heavy atom. The van der Waals surface area contributed by atoms with Crippen molar-refractivity contribution in [3.8, 4) is 0 Å². The molecule has 0 bridgehead atoms. The summed E-state index contributed by atoms with van der Waals surface area (Å²) in [7, 11) is 0. The minimum Gasteiger partial charge on any atom is -0.400 e. The third-order valence-corrected chi connectivity index (χ3v) is 2.69. The molecule has 0 spiro atoms. The van der Waals surface area contributed by atoms with Gasteiger partial charge in [-0.3, -0.25) is 0 Å². The molecule has 1 aliphatic rings. The van der Waals surface area contributed by atoms with Crippen LogP contribution in [-0.4, -0.2) is 0 Å². The van der Waals surface area contributed by atoms with Crippen LogP contribution in [0.2, 0.25) is 0 Å². The van der Waals surface area contributed by atoms with Crippen molar-refractivity contribution in [3.63, 3.8) is 0 Å². The summed E-state index contributed by atoms with van der Waals surface area (Å²) in [5.74, 6) is 0. The number of rotatable bonds is 2. The van der Waals surface area contributed by atoms with Gasteiger partial charge in [-0.15, -0.1) is 0 Å². The summed E-state index contributed by atoms with van der Waals surface area (Å²) in [6.07, 6.45) is 6.11. The monoisotopic (exact) mass is 152 g/mol. The molecule has 0 radical (unpaired) electrons. The highest BCUT2D eigenvalue weighted by Crippen LogP contribution is 2.38. The van der Waals surface area contributed by atoms with Gasteiger partial charge < -0.3 is 11.5 Å². The van der Waals surface area contributed by atoms with Gasteiger partial charge in [-0.1, -0.05) is 19.9 Å². The third-order valence-electron chi connectivity index (χ3n) is 2.69. The zero-order valence-corrected chi connectivity index (χ0v) is 7.22. The average molecular weight is 152 g/mol. The Balaban J connectivity index is 2.98. The molecule has 0 amide bonds. The molecule has 0 aromatic rings. The van der Waals surface area contributed by atoms with Crippen LogP contribution < -0.4 is 11.5 Å². The van der Waals surface area contributed by atoms with E-state index in [-0.39, 0.29) is 5.41 Å². The molecule has 0 aliphatic heterocycles. The molecular weight excluding hydrogens is 136 g/mol. The molecule has 0 fully saturated rings. The Labute approximate surface area is 68.0 Å². The maximum atomic E-state index is 5.87. The highest BCUT2D eigenvalue weighted by atomic mass is 14.7.